The van der Waals surface area contributed by atoms with E-state index in [0.29, 0.717) is 18.2 Å². The summed E-state index contributed by atoms with van der Waals surface area (Å²) in [5.41, 5.74) is -0.839. The molecule has 0 saturated heterocycles. The third kappa shape index (κ3) is 10.5. The lowest BCUT2D eigenvalue weighted by Crippen LogP contribution is -2.46. The van der Waals surface area contributed by atoms with E-state index in [1.54, 1.807) is 18.7 Å². The van der Waals surface area contributed by atoms with Gasteiger partial charge in [0.2, 0.25) is 0 Å². The van der Waals surface area contributed by atoms with Crippen molar-refractivity contribution < 1.29 is 9.90 Å². The largest absolute Gasteiger partial charge is 0.387 e. The molecule has 0 rings (SSSR count). The highest BCUT2D eigenvalue weighted by Gasteiger charge is 2.20. The molecule has 0 aliphatic heterocycles. The number of urea groups is 1. The number of hydrogen-bond acceptors (Lipinski definition) is 3. The van der Waals surface area contributed by atoms with Crippen LogP contribution in [0.1, 0.15) is 33.6 Å². The molecule has 0 aromatic rings. The Balaban J connectivity index is 3.59. The molecule has 2 amide bonds. The van der Waals surface area contributed by atoms with Gasteiger partial charge in [0, 0.05) is 18.8 Å². The molecule has 0 bridgehead atoms. The number of nitrogens with one attached hydrogen (secondary N) is 2. The number of amides is 2. The summed E-state index contributed by atoms with van der Waals surface area (Å²) >= 11 is 1.56. The van der Waals surface area contributed by atoms with Gasteiger partial charge in [-0.1, -0.05) is 13.8 Å². The van der Waals surface area contributed by atoms with Crippen LogP contribution < -0.4 is 10.6 Å². The molecule has 0 spiro atoms. The molecule has 0 heterocycles. The van der Waals surface area contributed by atoms with Crippen molar-refractivity contribution in [2.45, 2.75) is 39.2 Å². The molecule has 0 aromatic heterocycles. The van der Waals surface area contributed by atoms with Gasteiger partial charge in [-0.05, 0) is 31.9 Å². The maximum absolute atomic E-state index is 11.4. The summed E-state index contributed by atoms with van der Waals surface area (Å²) < 4.78 is 0. The summed E-state index contributed by atoms with van der Waals surface area (Å²) in [4.78, 5) is 11.4. The predicted octanol–water partition coefficient (Wildman–Crippen LogP) is 1.84. The molecule has 0 aliphatic carbocycles. The number of hydrogen-bond donors (Lipinski definition) is 3. The Morgan fingerprint density at radius 3 is 2.59 bits per heavy atom. The second-order valence-corrected chi connectivity index (χ2v) is 5.94. The summed E-state index contributed by atoms with van der Waals surface area (Å²) in [6, 6.07) is -0.199. The normalized spacial score (nSPS) is 14.5. The standard InChI is InChI=1S/C12H26N2O2S/c1-10(2)6-5-7-13-11(15)14-8-12(3,16)9-17-4/h10,16H,5-9H2,1-4H3,(H2,13,14,15). The van der Waals surface area contributed by atoms with Crippen molar-refractivity contribution in [3.8, 4) is 0 Å². The van der Waals surface area contributed by atoms with Crippen LogP contribution >= 0.6 is 11.8 Å². The molecule has 3 N–H and O–H groups in total. The molecule has 0 aromatic carbocycles. The van der Waals surface area contributed by atoms with Crippen LogP contribution in [-0.2, 0) is 0 Å². The molecule has 0 aliphatic rings. The molecule has 0 saturated carbocycles. The molecule has 1 atom stereocenters. The number of rotatable bonds is 8. The zero-order valence-corrected chi connectivity index (χ0v) is 12.2. The second kappa shape index (κ2) is 8.64. The first-order valence-electron chi connectivity index (χ1n) is 6.10. The van der Waals surface area contributed by atoms with E-state index in [2.05, 4.69) is 24.5 Å². The average Bonchev–Trinajstić information content (AvgIpc) is 2.21. The van der Waals surface area contributed by atoms with E-state index in [-0.39, 0.29) is 12.6 Å². The molecular formula is C12H26N2O2S. The Hall–Kier alpha value is -0.420. The molecule has 102 valence electrons. The van der Waals surface area contributed by atoms with Crippen molar-refractivity contribution in [1.82, 2.24) is 10.6 Å². The monoisotopic (exact) mass is 262 g/mol. The minimum absolute atomic E-state index is 0.199. The van der Waals surface area contributed by atoms with Crippen molar-refractivity contribution in [3.63, 3.8) is 0 Å². The first kappa shape index (κ1) is 16.6. The lowest BCUT2D eigenvalue weighted by Gasteiger charge is -2.22. The Kier molecular flexibility index (Phi) is 8.43. The Morgan fingerprint density at radius 1 is 1.41 bits per heavy atom. The van der Waals surface area contributed by atoms with Crippen molar-refractivity contribution in [2.75, 3.05) is 25.1 Å². The van der Waals surface area contributed by atoms with Crippen molar-refractivity contribution in [3.05, 3.63) is 0 Å². The van der Waals surface area contributed by atoms with E-state index < -0.39 is 5.60 Å². The minimum atomic E-state index is -0.839. The van der Waals surface area contributed by atoms with E-state index in [1.165, 1.54) is 0 Å². The van der Waals surface area contributed by atoms with Crippen LogP contribution in [0.25, 0.3) is 0 Å². The summed E-state index contributed by atoms with van der Waals surface area (Å²) in [6.45, 7) is 7.03. The van der Waals surface area contributed by atoms with Crippen molar-refractivity contribution >= 4 is 17.8 Å². The van der Waals surface area contributed by atoms with E-state index in [4.69, 9.17) is 0 Å². The molecular weight excluding hydrogens is 236 g/mol. The van der Waals surface area contributed by atoms with Gasteiger partial charge in [0.05, 0.1) is 5.60 Å². The van der Waals surface area contributed by atoms with Gasteiger partial charge in [-0.15, -0.1) is 0 Å². The highest BCUT2D eigenvalue weighted by Crippen LogP contribution is 2.08. The maximum atomic E-state index is 11.4. The lowest BCUT2D eigenvalue weighted by molar-refractivity contribution is 0.0869. The molecule has 5 heteroatoms. The quantitative estimate of drug-likeness (QED) is 0.585. The van der Waals surface area contributed by atoms with Gasteiger partial charge in [0.25, 0.3) is 0 Å². The van der Waals surface area contributed by atoms with Crippen LogP contribution in [-0.4, -0.2) is 41.8 Å². The van der Waals surface area contributed by atoms with Crippen LogP contribution in [0.2, 0.25) is 0 Å². The van der Waals surface area contributed by atoms with Gasteiger partial charge in [-0.25, -0.2) is 4.79 Å². The van der Waals surface area contributed by atoms with Crippen LogP contribution in [0.3, 0.4) is 0 Å². The smallest absolute Gasteiger partial charge is 0.314 e. The first-order chi connectivity index (χ1) is 7.87. The number of carbonyl (C=O) groups excluding carboxylic acids is 1. The Labute approximate surface area is 109 Å². The van der Waals surface area contributed by atoms with Gasteiger partial charge in [0.1, 0.15) is 0 Å². The fourth-order valence-electron chi connectivity index (χ4n) is 1.41. The van der Waals surface area contributed by atoms with Crippen LogP contribution in [0.5, 0.6) is 0 Å². The summed E-state index contributed by atoms with van der Waals surface area (Å²) in [5.74, 6) is 1.28. The summed E-state index contributed by atoms with van der Waals surface area (Å²) in [7, 11) is 0. The van der Waals surface area contributed by atoms with E-state index in [1.807, 2.05) is 6.26 Å². The highest BCUT2D eigenvalue weighted by molar-refractivity contribution is 7.98. The third-order valence-electron chi connectivity index (χ3n) is 2.33. The summed E-state index contributed by atoms with van der Waals surface area (Å²) in [6.07, 6.45) is 4.04. The van der Waals surface area contributed by atoms with Gasteiger partial charge >= 0.3 is 6.03 Å². The van der Waals surface area contributed by atoms with Crippen molar-refractivity contribution in [1.29, 1.82) is 0 Å². The minimum Gasteiger partial charge on any atom is -0.387 e. The zero-order valence-electron chi connectivity index (χ0n) is 11.4. The predicted molar refractivity (Wildman–Crippen MR) is 74.5 cm³/mol. The van der Waals surface area contributed by atoms with Gasteiger partial charge in [0.15, 0.2) is 0 Å². The van der Waals surface area contributed by atoms with Gasteiger partial charge < -0.3 is 15.7 Å². The SMILES string of the molecule is CSCC(C)(O)CNC(=O)NCCCC(C)C. The topological polar surface area (TPSA) is 61.4 Å². The molecule has 0 radical (unpaired) electrons. The van der Waals surface area contributed by atoms with Crippen LogP contribution in [0.15, 0.2) is 0 Å². The average molecular weight is 262 g/mol. The van der Waals surface area contributed by atoms with E-state index in [9.17, 15) is 9.90 Å². The maximum Gasteiger partial charge on any atom is 0.314 e. The van der Waals surface area contributed by atoms with Gasteiger partial charge in [-0.3, -0.25) is 0 Å². The van der Waals surface area contributed by atoms with Gasteiger partial charge in [-0.2, -0.15) is 11.8 Å². The van der Waals surface area contributed by atoms with E-state index >= 15 is 0 Å². The van der Waals surface area contributed by atoms with Crippen LogP contribution in [0.4, 0.5) is 4.79 Å². The molecule has 0 fully saturated rings. The lowest BCUT2D eigenvalue weighted by atomic mass is 10.1. The molecule has 17 heavy (non-hydrogen) atoms. The Morgan fingerprint density at radius 2 is 2.06 bits per heavy atom. The zero-order chi connectivity index (χ0) is 13.3. The second-order valence-electron chi connectivity index (χ2n) is 5.08. The number of aliphatic hydroxyl groups is 1. The molecule has 4 nitrogen and oxygen atoms in total. The van der Waals surface area contributed by atoms with Crippen LogP contribution in [0, 0.1) is 5.92 Å². The number of thioether (sulfide) groups is 1. The number of carbonyl (C=O) groups is 1. The van der Waals surface area contributed by atoms with E-state index in [0.717, 1.165) is 12.8 Å². The highest BCUT2D eigenvalue weighted by atomic mass is 32.2. The first-order valence-corrected chi connectivity index (χ1v) is 7.50. The fraction of sp³-hybridized carbons (Fsp3) is 0.917. The fourth-order valence-corrected chi connectivity index (χ4v) is 2.13. The third-order valence-corrected chi connectivity index (χ3v) is 3.24. The Bertz CT molecular complexity index is 221. The summed E-state index contributed by atoms with van der Waals surface area (Å²) in [5, 5.41) is 15.3. The molecule has 1 unspecified atom stereocenters. The van der Waals surface area contributed by atoms with Crippen molar-refractivity contribution in [2.24, 2.45) is 5.92 Å².